The number of anilines is 3. The quantitative estimate of drug-likeness (QED) is 0.197. The number of rotatable bonds is 13. The van der Waals surface area contributed by atoms with E-state index in [4.69, 9.17) is 16.3 Å². The highest BCUT2D eigenvalue weighted by molar-refractivity contribution is 6.32. The van der Waals surface area contributed by atoms with Crippen molar-refractivity contribution in [2.75, 3.05) is 56.5 Å². The molecule has 0 amide bonds. The normalized spacial score (nSPS) is 14.2. The lowest BCUT2D eigenvalue weighted by atomic mass is 10.1. The molecule has 4 rings (SSSR count). The Balaban J connectivity index is 1.32. The van der Waals surface area contributed by atoms with Gasteiger partial charge in [-0.3, -0.25) is 9.69 Å². The molecular weight excluding hydrogens is 524 g/mol. The van der Waals surface area contributed by atoms with Gasteiger partial charge in [-0.05, 0) is 51.5 Å². The van der Waals surface area contributed by atoms with Gasteiger partial charge in [0.1, 0.15) is 5.75 Å². The van der Waals surface area contributed by atoms with Crippen LogP contribution < -0.4 is 15.4 Å². The van der Waals surface area contributed by atoms with Gasteiger partial charge in [0.15, 0.2) is 5.78 Å². The van der Waals surface area contributed by atoms with E-state index in [1.165, 1.54) is 6.92 Å². The molecule has 2 N–H and O–H groups in total. The van der Waals surface area contributed by atoms with E-state index in [1.807, 2.05) is 48.5 Å². The zero-order chi connectivity index (χ0) is 28.5. The van der Waals surface area contributed by atoms with E-state index in [-0.39, 0.29) is 5.78 Å². The molecule has 0 aliphatic carbocycles. The van der Waals surface area contributed by atoms with Gasteiger partial charge in [-0.1, -0.05) is 36.4 Å². The number of nitrogens with zero attached hydrogens (tertiary/aromatic N) is 4. The number of Topliss-reactive ketones (excluding diaryl/α,β-unsaturated/α-hetero) is 1. The fourth-order valence-electron chi connectivity index (χ4n) is 4.51. The van der Waals surface area contributed by atoms with E-state index >= 15 is 0 Å². The fourth-order valence-corrected chi connectivity index (χ4v) is 4.71. The van der Waals surface area contributed by atoms with E-state index < -0.39 is 0 Å². The molecule has 2 aromatic carbocycles. The Hall–Kier alpha value is -3.46. The highest BCUT2D eigenvalue weighted by Crippen LogP contribution is 2.29. The maximum atomic E-state index is 11.5. The Bertz CT molecular complexity index is 1310. The van der Waals surface area contributed by atoms with Crippen LogP contribution in [0.15, 0.2) is 66.9 Å². The molecule has 0 atom stereocenters. The third kappa shape index (κ3) is 8.52. The maximum Gasteiger partial charge on any atom is 0.227 e. The molecule has 3 aromatic rings. The predicted octanol–water partition coefficient (Wildman–Crippen LogP) is 5.89. The SMILES string of the molecule is C=C(CNc1cccc(-c2nc(Nc3cccc(OCCCN4CCN(C(C)C)CC4)c3)ncc2Cl)c1)C(C)=O. The number of carbonyl (C=O) groups excluding carboxylic acids is 1. The van der Waals surface area contributed by atoms with Gasteiger partial charge in [0, 0.05) is 73.9 Å². The van der Waals surface area contributed by atoms with Crippen LogP contribution >= 0.6 is 11.6 Å². The van der Waals surface area contributed by atoms with Crippen molar-refractivity contribution in [3.8, 4) is 17.0 Å². The van der Waals surface area contributed by atoms with Crippen molar-refractivity contribution < 1.29 is 9.53 Å². The van der Waals surface area contributed by atoms with Crippen molar-refractivity contribution in [3.05, 3.63) is 71.9 Å². The van der Waals surface area contributed by atoms with Gasteiger partial charge in [0.25, 0.3) is 0 Å². The van der Waals surface area contributed by atoms with Gasteiger partial charge in [0.2, 0.25) is 5.95 Å². The second-order valence-electron chi connectivity index (χ2n) is 10.3. The summed E-state index contributed by atoms with van der Waals surface area (Å²) in [5.41, 5.74) is 3.62. The molecule has 8 nitrogen and oxygen atoms in total. The number of carbonyl (C=O) groups is 1. The smallest absolute Gasteiger partial charge is 0.227 e. The molecule has 212 valence electrons. The van der Waals surface area contributed by atoms with E-state index in [1.54, 1.807) is 6.20 Å². The van der Waals surface area contributed by atoms with Crippen molar-refractivity contribution >= 4 is 34.7 Å². The Morgan fingerprint density at radius 3 is 2.60 bits per heavy atom. The average Bonchev–Trinajstić information content (AvgIpc) is 2.95. The zero-order valence-electron chi connectivity index (χ0n) is 23.6. The molecule has 9 heteroatoms. The lowest BCUT2D eigenvalue weighted by Crippen LogP contribution is -2.49. The first-order chi connectivity index (χ1) is 19.3. The van der Waals surface area contributed by atoms with Crippen LogP contribution in [0.1, 0.15) is 27.2 Å². The standard InChI is InChI=1S/C31H39ClN6O2/c1-22(2)38-15-13-37(14-16-38)12-7-17-40-28-11-6-10-27(19-28)35-31-34-21-29(32)30(36-31)25-8-5-9-26(18-25)33-20-23(3)24(4)39/h5-6,8-11,18-19,21-22,33H,3,7,12-17,20H2,1-2,4H3,(H,34,35,36). The van der Waals surface area contributed by atoms with Gasteiger partial charge >= 0.3 is 0 Å². The third-order valence-electron chi connectivity index (χ3n) is 7.00. The Morgan fingerprint density at radius 2 is 1.85 bits per heavy atom. The number of nitrogens with one attached hydrogen (secondary N) is 2. The molecule has 0 radical (unpaired) electrons. The second kappa shape index (κ2) is 14.3. The van der Waals surface area contributed by atoms with Gasteiger partial charge in [0.05, 0.1) is 23.5 Å². The molecular formula is C31H39ClN6O2. The van der Waals surface area contributed by atoms with Crippen LogP contribution in [-0.2, 0) is 4.79 Å². The highest BCUT2D eigenvalue weighted by atomic mass is 35.5. The number of hydrogen-bond donors (Lipinski definition) is 2. The van der Waals surface area contributed by atoms with E-state index in [2.05, 4.69) is 50.8 Å². The van der Waals surface area contributed by atoms with Gasteiger partial charge in [-0.25, -0.2) is 9.97 Å². The third-order valence-corrected chi connectivity index (χ3v) is 7.28. The van der Waals surface area contributed by atoms with Crippen LogP contribution in [0.2, 0.25) is 5.02 Å². The number of halogens is 1. The summed E-state index contributed by atoms with van der Waals surface area (Å²) < 4.78 is 6.04. The molecule has 0 spiro atoms. The van der Waals surface area contributed by atoms with Crippen molar-refractivity contribution in [2.45, 2.75) is 33.2 Å². The molecule has 1 fully saturated rings. The van der Waals surface area contributed by atoms with Crippen LogP contribution in [0.25, 0.3) is 11.3 Å². The van der Waals surface area contributed by atoms with Crippen LogP contribution in [0.4, 0.5) is 17.3 Å². The summed E-state index contributed by atoms with van der Waals surface area (Å²) in [5.74, 6) is 1.19. The fraction of sp³-hybridized carbons (Fsp3) is 0.387. The largest absolute Gasteiger partial charge is 0.493 e. The number of aromatic nitrogens is 2. The lowest BCUT2D eigenvalue weighted by molar-refractivity contribution is -0.113. The molecule has 40 heavy (non-hydrogen) atoms. The summed E-state index contributed by atoms with van der Waals surface area (Å²) in [5, 5.41) is 6.93. The molecule has 0 unspecified atom stereocenters. The van der Waals surface area contributed by atoms with Crippen LogP contribution in [0.3, 0.4) is 0 Å². The Morgan fingerprint density at radius 1 is 1.10 bits per heavy atom. The van der Waals surface area contributed by atoms with Crippen molar-refractivity contribution in [2.24, 2.45) is 0 Å². The summed E-state index contributed by atoms with van der Waals surface area (Å²) in [6.45, 7) is 16.4. The van der Waals surface area contributed by atoms with Crippen molar-refractivity contribution in [1.82, 2.24) is 19.8 Å². The number of piperazine rings is 1. The highest BCUT2D eigenvalue weighted by Gasteiger charge is 2.18. The average molecular weight is 563 g/mol. The summed E-state index contributed by atoms with van der Waals surface area (Å²) in [6, 6.07) is 16.1. The summed E-state index contributed by atoms with van der Waals surface area (Å²) in [7, 11) is 0. The molecule has 1 aliphatic heterocycles. The number of benzene rings is 2. The first-order valence-electron chi connectivity index (χ1n) is 13.8. The lowest BCUT2D eigenvalue weighted by Gasteiger charge is -2.36. The van der Waals surface area contributed by atoms with Gasteiger partial charge in [-0.15, -0.1) is 0 Å². The first-order valence-corrected chi connectivity index (χ1v) is 14.2. The minimum atomic E-state index is -0.0385. The van der Waals surface area contributed by atoms with Crippen molar-refractivity contribution in [3.63, 3.8) is 0 Å². The topological polar surface area (TPSA) is 82.6 Å². The maximum absolute atomic E-state index is 11.5. The Labute approximate surface area is 242 Å². The number of hydrogen-bond acceptors (Lipinski definition) is 8. The number of ether oxygens (including phenoxy) is 1. The van der Waals surface area contributed by atoms with Gasteiger partial charge in [-0.2, -0.15) is 0 Å². The van der Waals surface area contributed by atoms with Gasteiger partial charge < -0.3 is 20.3 Å². The van der Waals surface area contributed by atoms with Crippen LogP contribution in [0, 0.1) is 0 Å². The molecule has 0 saturated carbocycles. The van der Waals surface area contributed by atoms with Crippen molar-refractivity contribution in [1.29, 1.82) is 0 Å². The minimum Gasteiger partial charge on any atom is -0.493 e. The van der Waals surface area contributed by atoms with E-state index in [9.17, 15) is 4.79 Å². The second-order valence-corrected chi connectivity index (χ2v) is 10.7. The monoisotopic (exact) mass is 562 g/mol. The molecule has 1 aromatic heterocycles. The first kappa shape index (κ1) is 29.5. The Kier molecular flexibility index (Phi) is 10.5. The van der Waals surface area contributed by atoms with Crippen LogP contribution in [0.5, 0.6) is 5.75 Å². The van der Waals surface area contributed by atoms with E-state index in [0.717, 1.165) is 61.8 Å². The molecule has 0 bridgehead atoms. The number of ketones is 1. The predicted molar refractivity (Wildman–Crippen MR) is 164 cm³/mol. The minimum absolute atomic E-state index is 0.0385. The summed E-state index contributed by atoms with van der Waals surface area (Å²) in [4.78, 5) is 25.6. The van der Waals surface area contributed by atoms with E-state index in [0.29, 0.717) is 41.4 Å². The zero-order valence-corrected chi connectivity index (χ0v) is 24.4. The molecule has 1 aliphatic rings. The molecule has 1 saturated heterocycles. The van der Waals surface area contributed by atoms with Crippen LogP contribution in [-0.4, -0.2) is 77.5 Å². The molecule has 2 heterocycles. The summed E-state index contributed by atoms with van der Waals surface area (Å²) >= 11 is 6.47. The summed E-state index contributed by atoms with van der Waals surface area (Å²) in [6.07, 6.45) is 2.57.